The molecule has 2 aromatic rings. The highest BCUT2D eigenvalue weighted by molar-refractivity contribution is 5.92. The molecule has 1 amide bonds. The lowest BCUT2D eigenvalue weighted by molar-refractivity contribution is 0.0740. The van der Waals surface area contributed by atoms with Crippen molar-refractivity contribution in [3.63, 3.8) is 0 Å². The van der Waals surface area contributed by atoms with E-state index in [2.05, 4.69) is 20.2 Å². The Kier molecular flexibility index (Phi) is 5.69. The predicted molar refractivity (Wildman–Crippen MR) is 107 cm³/mol. The second kappa shape index (κ2) is 8.54. The van der Waals surface area contributed by atoms with Crippen molar-refractivity contribution in [2.45, 2.75) is 38.1 Å². The van der Waals surface area contributed by atoms with Crippen LogP contribution in [0, 0.1) is 5.82 Å². The van der Waals surface area contributed by atoms with Crippen molar-refractivity contribution in [3.8, 4) is 0 Å². The Labute approximate surface area is 164 Å². The Morgan fingerprint density at radius 2 is 1.68 bits per heavy atom. The first kappa shape index (κ1) is 18.7. The highest BCUT2D eigenvalue weighted by Gasteiger charge is 2.23. The maximum atomic E-state index is 13.1. The standard InChI is InChI=1S/C21H26FN5O/c22-16-6-8-18(9-7-16)26-10-12-27(13-11-26)21(28)19-14-24-20(15-23-19)25-17-4-2-1-3-5-17/h6-9,14-15,17H,1-5,10-13H2,(H,24,25). The molecule has 1 saturated carbocycles. The quantitative estimate of drug-likeness (QED) is 0.878. The Morgan fingerprint density at radius 3 is 2.32 bits per heavy atom. The first-order chi connectivity index (χ1) is 13.7. The highest BCUT2D eigenvalue weighted by atomic mass is 19.1. The minimum atomic E-state index is -0.238. The molecule has 148 valence electrons. The van der Waals surface area contributed by atoms with Crippen LogP contribution in [0.25, 0.3) is 0 Å². The van der Waals surface area contributed by atoms with Gasteiger partial charge in [-0.15, -0.1) is 0 Å². The molecule has 1 N–H and O–H groups in total. The van der Waals surface area contributed by atoms with Gasteiger partial charge in [0.05, 0.1) is 12.4 Å². The zero-order chi connectivity index (χ0) is 19.3. The third kappa shape index (κ3) is 4.40. The highest BCUT2D eigenvalue weighted by Crippen LogP contribution is 2.21. The van der Waals surface area contributed by atoms with Gasteiger partial charge in [0, 0.05) is 37.9 Å². The van der Waals surface area contributed by atoms with Crippen LogP contribution in [0.3, 0.4) is 0 Å². The number of amides is 1. The summed E-state index contributed by atoms with van der Waals surface area (Å²) in [7, 11) is 0. The number of carbonyl (C=O) groups excluding carboxylic acids is 1. The van der Waals surface area contributed by atoms with E-state index in [9.17, 15) is 9.18 Å². The van der Waals surface area contributed by atoms with Crippen molar-refractivity contribution in [2.24, 2.45) is 0 Å². The topological polar surface area (TPSA) is 61.4 Å². The Bertz CT molecular complexity index is 781. The first-order valence-corrected chi connectivity index (χ1v) is 10.1. The summed E-state index contributed by atoms with van der Waals surface area (Å²) in [6, 6.07) is 6.94. The monoisotopic (exact) mass is 383 g/mol. The zero-order valence-corrected chi connectivity index (χ0v) is 16.0. The lowest BCUT2D eigenvalue weighted by Crippen LogP contribution is -2.49. The molecule has 6 nitrogen and oxygen atoms in total. The molecule has 1 aliphatic carbocycles. The summed E-state index contributed by atoms with van der Waals surface area (Å²) < 4.78 is 13.1. The van der Waals surface area contributed by atoms with Crippen molar-refractivity contribution in [2.75, 3.05) is 36.4 Å². The third-order valence-corrected chi connectivity index (χ3v) is 5.59. The molecule has 0 bridgehead atoms. The SMILES string of the molecule is O=C(c1cnc(NC2CCCCC2)cn1)N1CCN(c2ccc(F)cc2)CC1. The molecular formula is C21H26FN5O. The molecule has 28 heavy (non-hydrogen) atoms. The van der Waals surface area contributed by atoms with E-state index in [0.29, 0.717) is 37.9 Å². The summed E-state index contributed by atoms with van der Waals surface area (Å²) in [6.07, 6.45) is 9.39. The summed E-state index contributed by atoms with van der Waals surface area (Å²) >= 11 is 0. The molecule has 4 rings (SSSR count). The van der Waals surface area contributed by atoms with Crippen molar-refractivity contribution in [1.82, 2.24) is 14.9 Å². The fraction of sp³-hybridized carbons (Fsp3) is 0.476. The molecule has 0 radical (unpaired) electrons. The maximum absolute atomic E-state index is 13.1. The lowest BCUT2D eigenvalue weighted by Gasteiger charge is -2.36. The van der Waals surface area contributed by atoms with Crippen LogP contribution >= 0.6 is 0 Å². The second-order valence-corrected chi connectivity index (χ2v) is 7.52. The molecule has 2 aliphatic rings. The van der Waals surface area contributed by atoms with Crippen molar-refractivity contribution in [3.05, 3.63) is 48.2 Å². The van der Waals surface area contributed by atoms with Gasteiger partial charge >= 0.3 is 0 Å². The van der Waals surface area contributed by atoms with Gasteiger partial charge in [0.15, 0.2) is 0 Å². The molecule has 0 spiro atoms. The zero-order valence-electron chi connectivity index (χ0n) is 16.0. The molecule has 2 fully saturated rings. The molecule has 1 saturated heterocycles. The van der Waals surface area contributed by atoms with Gasteiger partial charge in [-0.3, -0.25) is 4.79 Å². The van der Waals surface area contributed by atoms with Gasteiger partial charge in [0.2, 0.25) is 0 Å². The Hall–Kier alpha value is -2.70. The van der Waals surface area contributed by atoms with E-state index < -0.39 is 0 Å². The van der Waals surface area contributed by atoms with Crippen molar-refractivity contribution in [1.29, 1.82) is 0 Å². The fourth-order valence-electron chi connectivity index (χ4n) is 3.95. The van der Waals surface area contributed by atoms with Crippen LogP contribution in [0.15, 0.2) is 36.7 Å². The van der Waals surface area contributed by atoms with E-state index in [-0.39, 0.29) is 11.7 Å². The number of rotatable bonds is 4. The summed E-state index contributed by atoms with van der Waals surface area (Å²) in [4.78, 5) is 25.4. The van der Waals surface area contributed by atoms with E-state index in [4.69, 9.17) is 0 Å². The number of hydrogen-bond acceptors (Lipinski definition) is 5. The Balaban J connectivity index is 1.31. The number of halogens is 1. The van der Waals surface area contributed by atoms with Crippen LogP contribution in [-0.2, 0) is 0 Å². The number of hydrogen-bond donors (Lipinski definition) is 1. The maximum Gasteiger partial charge on any atom is 0.274 e. The van der Waals surface area contributed by atoms with Crippen LogP contribution in [0.1, 0.15) is 42.6 Å². The summed E-state index contributed by atoms with van der Waals surface area (Å²) in [5, 5.41) is 3.42. The molecular weight excluding hydrogens is 357 g/mol. The molecule has 1 aromatic heterocycles. The average molecular weight is 383 g/mol. The van der Waals surface area contributed by atoms with E-state index in [0.717, 1.165) is 11.5 Å². The van der Waals surface area contributed by atoms with Crippen LogP contribution in [0.2, 0.25) is 0 Å². The number of nitrogens with zero attached hydrogens (tertiary/aromatic N) is 4. The van der Waals surface area contributed by atoms with Crippen LogP contribution in [-0.4, -0.2) is 53.0 Å². The average Bonchev–Trinajstić information content (AvgIpc) is 2.75. The molecule has 7 heteroatoms. The van der Waals surface area contributed by atoms with Gasteiger partial charge in [-0.05, 0) is 37.1 Å². The van der Waals surface area contributed by atoms with E-state index in [1.807, 2.05) is 0 Å². The van der Waals surface area contributed by atoms with E-state index in [1.165, 1.54) is 44.2 Å². The van der Waals surface area contributed by atoms with Gasteiger partial charge in [-0.1, -0.05) is 19.3 Å². The smallest absolute Gasteiger partial charge is 0.274 e. The first-order valence-electron chi connectivity index (χ1n) is 10.1. The predicted octanol–water partition coefficient (Wildman–Crippen LogP) is 3.32. The van der Waals surface area contributed by atoms with Gasteiger partial charge in [0.25, 0.3) is 5.91 Å². The van der Waals surface area contributed by atoms with Crippen LogP contribution in [0.4, 0.5) is 15.9 Å². The van der Waals surface area contributed by atoms with Crippen molar-refractivity contribution < 1.29 is 9.18 Å². The van der Waals surface area contributed by atoms with Gasteiger partial charge in [-0.2, -0.15) is 0 Å². The largest absolute Gasteiger partial charge is 0.368 e. The lowest BCUT2D eigenvalue weighted by atomic mass is 9.96. The number of aromatic nitrogens is 2. The molecule has 1 aliphatic heterocycles. The molecule has 1 aromatic carbocycles. The minimum Gasteiger partial charge on any atom is -0.368 e. The number of anilines is 2. The normalized spacial score (nSPS) is 18.2. The van der Waals surface area contributed by atoms with Crippen LogP contribution < -0.4 is 10.2 Å². The molecule has 2 heterocycles. The second-order valence-electron chi connectivity index (χ2n) is 7.52. The van der Waals surface area contributed by atoms with Gasteiger partial charge in [-0.25, -0.2) is 14.4 Å². The van der Waals surface area contributed by atoms with Gasteiger partial charge < -0.3 is 15.1 Å². The summed E-state index contributed by atoms with van der Waals surface area (Å²) in [5.74, 6) is 0.414. The number of carbonyl (C=O) groups is 1. The third-order valence-electron chi connectivity index (χ3n) is 5.59. The summed E-state index contributed by atoms with van der Waals surface area (Å²) in [6.45, 7) is 2.65. The van der Waals surface area contributed by atoms with E-state index >= 15 is 0 Å². The van der Waals surface area contributed by atoms with E-state index in [1.54, 1.807) is 29.4 Å². The van der Waals surface area contributed by atoms with Crippen LogP contribution in [0.5, 0.6) is 0 Å². The number of piperazine rings is 1. The molecule has 0 atom stereocenters. The summed E-state index contributed by atoms with van der Waals surface area (Å²) in [5.41, 5.74) is 1.36. The Morgan fingerprint density at radius 1 is 0.964 bits per heavy atom. The minimum absolute atomic E-state index is 0.0875. The fourth-order valence-corrected chi connectivity index (χ4v) is 3.95. The number of benzene rings is 1. The number of nitrogens with one attached hydrogen (secondary N) is 1. The molecule has 0 unspecified atom stereocenters. The van der Waals surface area contributed by atoms with Crippen molar-refractivity contribution >= 4 is 17.4 Å². The van der Waals surface area contributed by atoms with Gasteiger partial charge in [0.1, 0.15) is 17.3 Å².